The van der Waals surface area contributed by atoms with Gasteiger partial charge < -0.3 is 5.11 Å². The van der Waals surface area contributed by atoms with Gasteiger partial charge in [0.1, 0.15) is 5.78 Å². The lowest BCUT2D eigenvalue weighted by atomic mass is 9.44. The Bertz CT molecular complexity index is 546. The first-order valence-electron chi connectivity index (χ1n) is 9.74. The van der Waals surface area contributed by atoms with Crippen LogP contribution in [-0.4, -0.2) is 22.9 Å². The van der Waals surface area contributed by atoms with E-state index >= 15 is 0 Å². The summed E-state index contributed by atoms with van der Waals surface area (Å²) in [7, 11) is 0. The second-order valence-corrected chi connectivity index (χ2v) is 9.68. The molecule has 0 spiro atoms. The third-order valence-corrected chi connectivity index (χ3v) is 8.63. The molecule has 4 aliphatic carbocycles. The molecule has 0 aliphatic heterocycles. The van der Waals surface area contributed by atoms with Crippen molar-refractivity contribution in [1.82, 2.24) is 0 Å². The Morgan fingerprint density at radius 3 is 2.50 bits per heavy atom. The van der Waals surface area contributed by atoms with Crippen LogP contribution in [0, 0.1) is 34.5 Å². The van der Waals surface area contributed by atoms with E-state index < -0.39 is 17.4 Å². The Morgan fingerprint density at radius 1 is 1.04 bits per heavy atom. The fourth-order valence-corrected chi connectivity index (χ4v) is 7.34. The molecule has 4 rings (SSSR count). The molecule has 4 fully saturated rings. The first-order chi connectivity index (χ1) is 11.2. The van der Waals surface area contributed by atoms with Crippen molar-refractivity contribution in [2.75, 3.05) is 0 Å². The van der Waals surface area contributed by atoms with Crippen molar-refractivity contribution >= 4 is 5.78 Å². The highest BCUT2D eigenvalue weighted by atomic mass is 19.3. The number of hydrogen-bond acceptors (Lipinski definition) is 2. The van der Waals surface area contributed by atoms with Crippen LogP contribution in [0.4, 0.5) is 8.78 Å². The molecule has 24 heavy (non-hydrogen) atoms. The first kappa shape index (κ1) is 16.9. The quantitative estimate of drug-likeness (QED) is 0.758. The van der Waals surface area contributed by atoms with Crippen LogP contribution in [-0.2, 0) is 4.79 Å². The maximum absolute atomic E-state index is 14.4. The normalized spacial score (nSPS) is 54.3. The molecule has 4 heteroatoms. The SMILES string of the molecule is C[C@@]1(O)CC[C@@]2(C(F)F)C(CC[C@@H]3[C@@H]2CC[C@]2(C)C(=O)CC[C@@H]32)C1. The lowest BCUT2D eigenvalue weighted by molar-refractivity contribution is -0.205. The number of carbonyl (C=O) groups is 1. The standard InChI is InChI=1S/C20H30F2O2/c1-18(24)9-10-20(17(21)22)12(11-18)3-4-13-14-5-6-16(23)19(14,2)8-7-15(13)20/h12-15,17,24H,3-11H2,1-2H3/t12?,13-,14-,15-,18+,19-,20+/m0/s1. The molecule has 1 N–H and O–H groups in total. The highest BCUT2D eigenvalue weighted by Crippen LogP contribution is 2.67. The molecule has 0 heterocycles. The Balaban J connectivity index is 1.70. The van der Waals surface area contributed by atoms with Gasteiger partial charge in [-0.2, -0.15) is 0 Å². The fourth-order valence-electron chi connectivity index (χ4n) is 7.34. The predicted molar refractivity (Wildman–Crippen MR) is 87.7 cm³/mol. The van der Waals surface area contributed by atoms with Gasteiger partial charge in [0.15, 0.2) is 0 Å². The third-order valence-electron chi connectivity index (χ3n) is 8.63. The molecule has 136 valence electrons. The largest absolute Gasteiger partial charge is 0.390 e. The van der Waals surface area contributed by atoms with Crippen molar-refractivity contribution in [2.45, 2.75) is 83.7 Å². The molecule has 7 atom stereocenters. The second-order valence-electron chi connectivity index (χ2n) is 9.68. The van der Waals surface area contributed by atoms with Crippen LogP contribution in [0.15, 0.2) is 0 Å². The lowest BCUT2D eigenvalue weighted by Crippen LogP contribution is -2.59. The molecule has 0 radical (unpaired) electrons. The van der Waals surface area contributed by atoms with Crippen LogP contribution in [0.3, 0.4) is 0 Å². The summed E-state index contributed by atoms with van der Waals surface area (Å²) in [5.74, 6) is 0.928. The number of halogens is 2. The van der Waals surface area contributed by atoms with E-state index in [2.05, 4.69) is 6.92 Å². The van der Waals surface area contributed by atoms with Crippen LogP contribution in [0.2, 0.25) is 0 Å². The maximum atomic E-state index is 14.4. The van der Waals surface area contributed by atoms with Gasteiger partial charge in [-0.1, -0.05) is 6.92 Å². The Kier molecular flexibility index (Phi) is 3.70. The van der Waals surface area contributed by atoms with Crippen LogP contribution < -0.4 is 0 Å². The van der Waals surface area contributed by atoms with E-state index in [4.69, 9.17) is 0 Å². The molecule has 2 nitrogen and oxygen atoms in total. The van der Waals surface area contributed by atoms with E-state index in [0.29, 0.717) is 37.4 Å². The van der Waals surface area contributed by atoms with Gasteiger partial charge in [-0.05, 0) is 82.0 Å². The second kappa shape index (κ2) is 5.25. The number of fused-ring (bicyclic) bond motifs is 5. The average molecular weight is 340 g/mol. The molecule has 0 amide bonds. The van der Waals surface area contributed by atoms with Crippen molar-refractivity contribution in [3.63, 3.8) is 0 Å². The van der Waals surface area contributed by atoms with Crippen molar-refractivity contribution in [3.8, 4) is 0 Å². The van der Waals surface area contributed by atoms with Crippen LogP contribution in [0.1, 0.15) is 71.6 Å². The fraction of sp³-hybridized carbons (Fsp3) is 0.950. The molecule has 0 aromatic carbocycles. The number of Topliss-reactive ketones (excluding diaryl/α,β-unsaturated/α-hetero) is 1. The zero-order valence-electron chi connectivity index (χ0n) is 14.9. The van der Waals surface area contributed by atoms with Gasteiger partial charge in [-0.25, -0.2) is 8.78 Å². The van der Waals surface area contributed by atoms with Gasteiger partial charge in [0.2, 0.25) is 6.43 Å². The summed E-state index contributed by atoms with van der Waals surface area (Å²) in [6, 6.07) is 0. The summed E-state index contributed by atoms with van der Waals surface area (Å²) in [6.07, 6.45) is 3.99. The number of rotatable bonds is 1. The Morgan fingerprint density at radius 2 is 1.79 bits per heavy atom. The summed E-state index contributed by atoms with van der Waals surface area (Å²) >= 11 is 0. The van der Waals surface area contributed by atoms with Crippen LogP contribution in [0.5, 0.6) is 0 Å². The number of ketones is 1. The van der Waals surface area contributed by atoms with Gasteiger partial charge in [0, 0.05) is 17.3 Å². The molecule has 0 aromatic heterocycles. The topological polar surface area (TPSA) is 37.3 Å². The summed E-state index contributed by atoms with van der Waals surface area (Å²) in [4.78, 5) is 12.4. The zero-order chi connectivity index (χ0) is 17.3. The maximum Gasteiger partial charge on any atom is 0.244 e. The molecule has 1 unspecified atom stereocenters. The molecular formula is C20H30F2O2. The first-order valence-corrected chi connectivity index (χ1v) is 9.74. The molecule has 4 saturated carbocycles. The van der Waals surface area contributed by atoms with E-state index in [1.807, 2.05) is 6.92 Å². The number of hydrogen-bond donors (Lipinski definition) is 1. The molecule has 0 aromatic rings. The molecule has 0 saturated heterocycles. The van der Waals surface area contributed by atoms with Crippen molar-refractivity contribution < 1.29 is 18.7 Å². The summed E-state index contributed by atoms with van der Waals surface area (Å²) < 4.78 is 28.9. The summed E-state index contributed by atoms with van der Waals surface area (Å²) in [6.45, 7) is 3.90. The lowest BCUT2D eigenvalue weighted by Gasteiger charge is -2.61. The number of carbonyl (C=O) groups excluding carboxylic acids is 1. The minimum absolute atomic E-state index is 0.0383. The van der Waals surface area contributed by atoms with Crippen LogP contribution in [0.25, 0.3) is 0 Å². The van der Waals surface area contributed by atoms with Crippen LogP contribution >= 0.6 is 0 Å². The number of aliphatic hydroxyl groups is 1. The highest BCUT2D eigenvalue weighted by molar-refractivity contribution is 5.87. The van der Waals surface area contributed by atoms with Gasteiger partial charge in [0.25, 0.3) is 0 Å². The average Bonchev–Trinajstić information content (AvgIpc) is 2.81. The minimum atomic E-state index is -2.31. The summed E-state index contributed by atoms with van der Waals surface area (Å²) in [5, 5.41) is 10.4. The summed E-state index contributed by atoms with van der Waals surface area (Å²) in [5.41, 5.74) is -1.96. The third kappa shape index (κ3) is 2.10. The van der Waals surface area contributed by atoms with E-state index in [0.717, 1.165) is 32.1 Å². The smallest absolute Gasteiger partial charge is 0.244 e. The van der Waals surface area contributed by atoms with Crippen molar-refractivity contribution in [1.29, 1.82) is 0 Å². The zero-order valence-corrected chi connectivity index (χ0v) is 14.9. The van der Waals surface area contributed by atoms with Gasteiger partial charge in [0.05, 0.1) is 5.60 Å². The Labute approximate surface area is 143 Å². The van der Waals surface area contributed by atoms with Gasteiger partial charge in [-0.15, -0.1) is 0 Å². The monoisotopic (exact) mass is 340 g/mol. The van der Waals surface area contributed by atoms with Gasteiger partial charge in [-0.3, -0.25) is 4.79 Å². The van der Waals surface area contributed by atoms with Crippen molar-refractivity contribution in [3.05, 3.63) is 0 Å². The molecular weight excluding hydrogens is 310 g/mol. The van der Waals surface area contributed by atoms with E-state index in [1.165, 1.54) is 0 Å². The highest BCUT2D eigenvalue weighted by Gasteiger charge is 2.65. The molecule has 0 bridgehead atoms. The Hall–Kier alpha value is -0.510. The van der Waals surface area contributed by atoms with Gasteiger partial charge >= 0.3 is 0 Å². The minimum Gasteiger partial charge on any atom is -0.390 e. The van der Waals surface area contributed by atoms with E-state index in [1.54, 1.807) is 0 Å². The predicted octanol–water partition coefficient (Wildman–Crippen LogP) is 4.59. The number of alkyl halides is 2. The van der Waals surface area contributed by atoms with Crippen molar-refractivity contribution in [2.24, 2.45) is 34.5 Å². The van der Waals surface area contributed by atoms with E-state index in [-0.39, 0.29) is 23.2 Å². The van der Waals surface area contributed by atoms with E-state index in [9.17, 15) is 18.7 Å². The molecule has 4 aliphatic rings.